The van der Waals surface area contributed by atoms with E-state index >= 15 is 0 Å². The Bertz CT molecular complexity index is 491. The van der Waals surface area contributed by atoms with E-state index in [1.54, 1.807) is 24.4 Å². The Morgan fingerprint density at radius 1 is 1.33 bits per heavy atom. The van der Waals surface area contributed by atoms with Gasteiger partial charge in [0.2, 0.25) is 0 Å². The Labute approximate surface area is 91.3 Å². The SMILES string of the molecule is O=C(O)c1ccc(Cl)cc1-c1ccc[nH]1. The topological polar surface area (TPSA) is 53.1 Å². The van der Waals surface area contributed by atoms with Gasteiger partial charge in [-0.3, -0.25) is 0 Å². The molecule has 15 heavy (non-hydrogen) atoms. The van der Waals surface area contributed by atoms with Crippen molar-refractivity contribution in [1.29, 1.82) is 0 Å². The predicted molar refractivity (Wildman–Crippen MR) is 58.2 cm³/mol. The van der Waals surface area contributed by atoms with Gasteiger partial charge >= 0.3 is 5.97 Å². The molecule has 1 heterocycles. The molecular weight excluding hydrogens is 214 g/mol. The van der Waals surface area contributed by atoms with E-state index in [0.717, 1.165) is 5.69 Å². The number of benzene rings is 1. The molecule has 0 fully saturated rings. The van der Waals surface area contributed by atoms with E-state index in [4.69, 9.17) is 16.7 Å². The Morgan fingerprint density at radius 2 is 2.13 bits per heavy atom. The maximum atomic E-state index is 11.0. The first-order valence-corrected chi connectivity index (χ1v) is 4.73. The first kappa shape index (κ1) is 9.80. The van der Waals surface area contributed by atoms with Gasteiger partial charge in [-0.2, -0.15) is 0 Å². The number of nitrogens with one attached hydrogen (secondary N) is 1. The number of rotatable bonds is 2. The lowest BCUT2D eigenvalue weighted by Gasteiger charge is -2.04. The van der Waals surface area contributed by atoms with Crippen molar-refractivity contribution in [2.45, 2.75) is 0 Å². The third-order valence-electron chi connectivity index (χ3n) is 2.10. The van der Waals surface area contributed by atoms with Gasteiger partial charge < -0.3 is 10.1 Å². The normalized spacial score (nSPS) is 10.2. The number of halogens is 1. The highest BCUT2D eigenvalue weighted by molar-refractivity contribution is 6.31. The highest BCUT2D eigenvalue weighted by Gasteiger charge is 2.12. The van der Waals surface area contributed by atoms with Crippen molar-refractivity contribution in [3.8, 4) is 11.3 Å². The third kappa shape index (κ3) is 1.87. The maximum absolute atomic E-state index is 11.0. The van der Waals surface area contributed by atoms with E-state index < -0.39 is 5.97 Å². The zero-order chi connectivity index (χ0) is 10.8. The standard InChI is InChI=1S/C11H8ClNO2/c12-7-3-4-8(11(14)15)9(6-7)10-2-1-5-13-10/h1-6,13H,(H,14,15). The fraction of sp³-hybridized carbons (Fsp3) is 0. The second-order valence-electron chi connectivity index (χ2n) is 3.08. The lowest BCUT2D eigenvalue weighted by molar-refractivity contribution is 0.0697. The molecular formula is C11H8ClNO2. The molecule has 0 aliphatic carbocycles. The number of carbonyl (C=O) groups is 1. The van der Waals surface area contributed by atoms with Crippen LogP contribution in [-0.4, -0.2) is 16.1 Å². The summed E-state index contributed by atoms with van der Waals surface area (Å²) in [5.74, 6) is -0.962. The highest BCUT2D eigenvalue weighted by Crippen LogP contribution is 2.25. The second-order valence-corrected chi connectivity index (χ2v) is 3.52. The third-order valence-corrected chi connectivity index (χ3v) is 2.34. The quantitative estimate of drug-likeness (QED) is 0.819. The van der Waals surface area contributed by atoms with Crippen LogP contribution in [0, 0.1) is 0 Å². The van der Waals surface area contributed by atoms with Crippen LogP contribution in [0.15, 0.2) is 36.5 Å². The highest BCUT2D eigenvalue weighted by atomic mass is 35.5. The number of hydrogen-bond acceptors (Lipinski definition) is 1. The van der Waals surface area contributed by atoms with Gasteiger partial charge in [0, 0.05) is 22.5 Å². The molecule has 0 saturated heterocycles. The van der Waals surface area contributed by atoms with Crippen LogP contribution in [0.3, 0.4) is 0 Å². The Hall–Kier alpha value is -1.74. The van der Waals surface area contributed by atoms with Gasteiger partial charge in [0.15, 0.2) is 0 Å². The van der Waals surface area contributed by atoms with Crippen LogP contribution in [-0.2, 0) is 0 Å². The fourth-order valence-electron chi connectivity index (χ4n) is 1.42. The summed E-state index contributed by atoms with van der Waals surface area (Å²) in [5.41, 5.74) is 1.58. The van der Waals surface area contributed by atoms with Crippen molar-refractivity contribution in [3.05, 3.63) is 47.1 Å². The predicted octanol–water partition coefficient (Wildman–Crippen LogP) is 3.03. The van der Waals surface area contributed by atoms with E-state index in [9.17, 15) is 4.79 Å². The fourth-order valence-corrected chi connectivity index (χ4v) is 1.60. The number of aromatic carboxylic acids is 1. The summed E-state index contributed by atoms with van der Waals surface area (Å²) in [6.07, 6.45) is 1.74. The van der Waals surface area contributed by atoms with Gasteiger partial charge in [0.05, 0.1) is 5.56 Å². The van der Waals surface area contributed by atoms with Crippen LogP contribution in [0.1, 0.15) is 10.4 Å². The molecule has 0 aliphatic rings. The van der Waals surface area contributed by atoms with Crippen molar-refractivity contribution < 1.29 is 9.90 Å². The molecule has 0 atom stereocenters. The number of aromatic nitrogens is 1. The monoisotopic (exact) mass is 221 g/mol. The molecule has 76 valence electrons. The smallest absolute Gasteiger partial charge is 0.336 e. The van der Waals surface area contributed by atoms with E-state index in [2.05, 4.69) is 4.98 Å². The molecule has 0 amide bonds. The minimum Gasteiger partial charge on any atom is -0.478 e. The van der Waals surface area contributed by atoms with Crippen molar-refractivity contribution in [2.24, 2.45) is 0 Å². The van der Waals surface area contributed by atoms with Crippen LogP contribution in [0.5, 0.6) is 0 Å². The first-order chi connectivity index (χ1) is 7.18. The number of carboxylic acids is 1. The molecule has 0 radical (unpaired) electrons. The van der Waals surface area contributed by atoms with E-state index in [1.807, 2.05) is 6.07 Å². The van der Waals surface area contributed by atoms with E-state index in [0.29, 0.717) is 10.6 Å². The number of carboxylic acid groups (broad SMARTS) is 1. The molecule has 1 aromatic carbocycles. The average molecular weight is 222 g/mol. The zero-order valence-corrected chi connectivity index (χ0v) is 8.45. The number of H-pyrrole nitrogens is 1. The molecule has 0 aliphatic heterocycles. The van der Waals surface area contributed by atoms with Gasteiger partial charge in [-0.15, -0.1) is 0 Å². The molecule has 0 saturated carbocycles. The zero-order valence-electron chi connectivity index (χ0n) is 7.70. The minimum atomic E-state index is -0.962. The number of hydrogen-bond donors (Lipinski definition) is 2. The van der Waals surface area contributed by atoms with Gasteiger partial charge in [-0.1, -0.05) is 11.6 Å². The molecule has 0 bridgehead atoms. The summed E-state index contributed by atoms with van der Waals surface area (Å²) in [6, 6.07) is 8.31. The minimum absolute atomic E-state index is 0.238. The van der Waals surface area contributed by atoms with Crippen LogP contribution in [0.25, 0.3) is 11.3 Å². The molecule has 3 nitrogen and oxygen atoms in total. The summed E-state index contributed by atoms with van der Waals surface area (Å²) in [4.78, 5) is 13.9. The lowest BCUT2D eigenvalue weighted by atomic mass is 10.1. The van der Waals surface area contributed by atoms with Crippen LogP contribution < -0.4 is 0 Å². The van der Waals surface area contributed by atoms with Crippen LogP contribution in [0.4, 0.5) is 0 Å². The maximum Gasteiger partial charge on any atom is 0.336 e. The largest absolute Gasteiger partial charge is 0.478 e. The second kappa shape index (κ2) is 3.79. The van der Waals surface area contributed by atoms with Crippen molar-refractivity contribution in [1.82, 2.24) is 4.98 Å². The lowest BCUT2D eigenvalue weighted by Crippen LogP contribution is -1.99. The summed E-state index contributed by atoms with van der Waals surface area (Å²) in [7, 11) is 0. The Kier molecular flexibility index (Phi) is 2.47. The van der Waals surface area contributed by atoms with Crippen LogP contribution in [0.2, 0.25) is 5.02 Å². The van der Waals surface area contributed by atoms with Crippen molar-refractivity contribution in [2.75, 3.05) is 0 Å². The Balaban J connectivity index is 2.63. The molecule has 0 unspecified atom stereocenters. The Morgan fingerprint density at radius 3 is 2.73 bits per heavy atom. The molecule has 2 aromatic rings. The van der Waals surface area contributed by atoms with Crippen molar-refractivity contribution >= 4 is 17.6 Å². The molecule has 0 spiro atoms. The molecule has 2 N–H and O–H groups in total. The first-order valence-electron chi connectivity index (χ1n) is 4.35. The molecule has 2 rings (SSSR count). The molecule has 4 heteroatoms. The van der Waals surface area contributed by atoms with Gasteiger partial charge in [-0.25, -0.2) is 4.79 Å². The van der Waals surface area contributed by atoms with E-state index in [1.165, 1.54) is 6.07 Å². The van der Waals surface area contributed by atoms with Crippen LogP contribution >= 0.6 is 11.6 Å². The van der Waals surface area contributed by atoms with Gasteiger partial charge in [-0.05, 0) is 30.3 Å². The summed E-state index contributed by atoms with van der Waals surface area (Å²) >= 11 is 5.83. The van der Waals surface area contributed by atoms with Crippen molar-refractivity contribution in [3.63, 3.8) is 0 Å². The summed E-state index contributed by atoms with van der Waals surface area (Å²) < 4.78 is 0. The number of aromatic amines is 1. The average Bonchev–Trinajstić information content (AvgIpc) is 2.69. The summed E-state index contributed by atoms with van der Waals surface area (Å²) in [6.45, 7) is 0. The van der Waals surface area contributed by atoms with Gasteiger partial charge in [0.1, 0.15) is 0 Å². The summed E-state index contributed by atoms with van der Waals surface area (Å²) in [5, 5.41) is 9.52. The van der Waals surface area contributed by atoms with E-state index in [-0.39, 0.29) is 5.56 Å². The van der Waals surface area contributed by atoms with Gasteiger partial charge in [0.25, 0.3) is 0 Å². The molecule has 1 aromatic heterocycles.